The van der Waals surface area contributed by atoms with Gasteiger partial charge in [-0.25, -0.2) is 0 Å². The maximum atomic E-state index is 13.0. The molecule has 1 unspecified atom stereocenters. The Hall–Kier alpha value is -1.76. The molecule has 0 aromatic heterocycles. The summed E-state index contributed by atoms with van der Waals surface area (Å²) in [6.45, 7) is 13.1. The molecule has 0 bridgehead atoms. The maximum Gasteiger partial charge on any atom is 0.310 e. The smallest absolute Gasteiger partial charge is 0.310 e. The molecule has 2 saturated heterocycles. The summed E-state index contributed by atoms with van der Waals surface area (Å²) in [7, 11) is 0. The number of aliphatic hydroxyl groups is 7. The largest absolute Gasteiger partial charge is 0.481 e. The number of allylic oxidation sites excluding steroid dienone is 2. The summed E-state index contributed by atoms with van der Waals surface area (Å²) in [5, 5.41) is 87.6. The van der Waals surface area contributed by atoms with E-state index < -0.39 is 102 Å². The molecule has 0 spiro atoms. The molecule has 0 amide bonds. The molecule has 6 fully saturated rings. The molecule has 0 aromatic rings. The Morgan fingerprint density at radius 1 is 0.810 bits per heavy atom. The Bertz CT molecular complexity index is 1600. The number of aliphatic carboxylic acids is 1. The summed E-state index contributed by atoms with van der Waals surface area (Å²) in [4.78, 5) is 24.9. The van der Waals surface area contributed by atoms with E-state index in [1.807, 2.05) is 13.8 Å². The predicted octanol–water partition coefficient (Wildman–Crippen LogP) is 2.18. The summed E-state index contributed by atoms with van der Waals surface area (Å²) in [5.74, 6) is -1.43. The first-order chi connectivity index (χ1) is 27.0. The van der Waals surface area contributed by atoms with Crippen molar-refractivity contribution in [2.75, 3.05) is 13.2 Å². The van der Waals surface area contributed by atoms with Gasteiger partial charge in [0.15, 0.2) is 12.6 Å². The molecule has 7 aliphatic rings. The molecular formula is C43H68O15. The number of rotatable bonds is 8. The van der Waals surface area contributed by atoms with Crippen molar-refractivity contribution in [1.29, 1.82) is 0 Å². The molecule has 15 heteroatoms. The third kappa shape index (κ3) is 6.81. The first-order valence-corrected chi connectivity index (χ1v) is 21.4. The van der Waals surface area contributed by atoms with E-state index in [1.165, 1.54) is 19.4 Å². The van der Waals surface area contributed by atoms with Crippen LogP contribution in [0.3, 0.4) is 0 Å². The summed E-state index contributed by atoms with van der Waals surface area (Å²) in [6.07, 6.45) is -6.61. The number of carbonyl (C=O) groups excluding carboxylic acids is 1. The SMILES string of the molecule is CC(=O)OC[C@H]1O[C@@H](OC[C@]2(C)C3CC[C@]4(C)[C@H](CC=C5[C@@H]6C[C@](C)(O)CC[C@]6(C(=O)O)CC[C@]54C)[C@@]3(C)CC[C@@H]2O)[C@H](O)[C@@H](O)[C@@H]1O[C@@H]1O[C@@H](C)[C@H](O)[C@@H](O)[C@H]1O. The highest BCUT2D eigenvalue weighted by molar-refractivity contribution is 5.76. The molecule has 5 aliphatic carbocycles. The quantitative estimate of drug-likeness (QED) is 0.129. The zero-order valence-corrected chi connectivity index (χ0v) is 35.1. The van der Waals surface area contributed by atoms with Gasteiger partial charge in [0.05, 0.1) is 29.8 Å². The lowest BCUT2D eigenvalue weighted by molar-refractivity contribution is -0.360. The van der Waals surface area contributed by atoms with E-state index in [-0.39, 0.29) is 40.6 Å². The topological polar surface area (TPSA) is 242 Å². The lowest BCUT2D eigenvalue weighted by atomic mass is 9.33. The molecule has 7 rings (SSSR count). The van der Waals surface area contributed by atoms with Gasteiger partial charge in [-0.15, -0.1) is 0 Å². The number of fused-ring (bicyclic) bond motifs is 7. The molecule has 330 valence electrons. The number of hydrogen-bond donors (Lipinski definition) is 8. The predicted molar refractivity (Wildman–Crippen MR) is 204 cm³/mol. The van der Waals surface area contributed by atoms with Crippen molar-refractivity contribution < 1.29 is 74.1 Å². The van der Waals surface area contributed by atoms with Gasteiger partial charge in [-0.3, -0.25) is 9.59 Å². The van der Waals surface area contributed by atoms with Crippen molar-refractivity contribution in [3.8, 4) is 0 Å². The molecule has 15 nitrogen and oxygen atoms in total. The van der Waals surface area contributed by atoms with Crippen LogP contribution in [-0.2, 0) is 33.3 Å². The molecule has 4 saturated carbocycles. The maximum absolute atomic E-state index is 13.0. The number of aliphatic hydroxyl groups excluding tert-OH is 6. The Morgan fingerprint density at radius 2 is 1.48 bits per heavy atom. The molecule has 8 N–H and O–H groups in total. The number of hydrogen-bond acceptors (Lipinski definition) is 14. The molecule has 0 aromatic carbocycles. The number of carbonyl (C=O) groups is 2. The number of carboxylic acids is 1. The van der Waals surface area contributed by atoms with E-state index in [0.29, 0.717) is 32.1 Å². The second-order valence-corrected chi connectivity index (χ2v) is 20.5. The van der Waals surface area contributed by atoms with Crippen LogP contribution in [0.25, 0.3) is 0 Å². The fraction of sp³-hybridized carbons (Fsp3) is 0.907. The van der Waals surface area contributed by atoms with Crippen molar-refractivity contribution >= 4 is 11.9 Å². The van der Waals surface area contributed by atoms with Gasteiger partial charge in [-0.1, -0.05) is 39.3 Å². The monoisotopic (exact) mass is 824 g/mol. The van der Waals surface area contributed by atoms with Gasteiger partial charge in [0.1, 0.15) is 49.3 Å². The van der Waals surface area contributed by atoms with Gasteiger partial charge < -0.3 is 64.5 Å². The van der Waals surface area contributed by atoms with Crippen LogP contribution in [0.15, 0.2) is 11.6 Å². The fourth-order valence-electron chi connectivity index (χ4n) is 13.5. The Labute approximate surface area is 341 Å². The first-order valence-electron chi connectivity index (χ1n) is 21.4. The van der Waals surface area contributed by atoms with Crippen LogP contribution in [0.2, 0.25) is 0 Å². The highest BCUT2D eigenvalue weighted by atomic mass is 16.7. The van der Waals surface area contributed by atoms with Crippen LogP contribution >= 0.6 is 0 Å². The zero-order valence-electron chi connectivity index (χ0n) is 35.1. The standard InChI is InChI=1S/C43H68O15/c1-21-29(46)30(47)32(49)36(56-21)58-34-25(19-54-22(2)44)57-35(33(50)31(34)48)55-20-40(5)26-10-13-42(7)27(39(26,4)12-11-28(40)45)9-8-23-24-18-38(3,53)14-16-43(24,37(51)52)17-15-41(23,42)6/h8,21,24-36,45-50,53H,9-20H2,1-7H3,(H,51,52)/t21-,24-,25+,26?,27+,28-,29-,30+,31+,32+,33+,34+,35+,36-,38+,39-,40+,41+,42+,43-/m0/s1. The van der Waals surface area contributed by atoms with Gasteiger partial charge in [-0.05, 0) is 112 Å². The normalized spacial score (nSPS) is 54.2. The Morgan fingerprint density at radius 3 is 2.16 bits per heavy atom. The van der Waals surface area contributed by atoms with Gasteiger partial charge in [0.25, 0.3) is 0 Å². The summed E-state index contributed by atoms with van der Waals surface area (Å²) in [6, 6.07) is 0. The molecule has 2 aliphatic heterocycles. The average Bonchev–Trinajstić information content (AvgIpc) is 3.15. The Kier molecular flexibility index (Phi) is 11.6. The third-order valence-corrected chi connectivity index (χ3v) is 17.3. The van der Waals surface area contributed by atoms with Crippen molar-refractivity contribution in [2.45, 2.75) is 186 Å². The van der Waals surface area contributed by atoms with E-state index in [0.717, 1.165) is 32.1 Å². The van der Waals surface area contributed by atoms with Crippen LogP contribution in [0.5, 0.6) is 0 Å². The summed E-state index contributed by atoms with van der Waals surface area (Å²) < 4.78 is 29.2. The van der Waals surface area contributed by atoms with E-state index >= 15 is 0 Å². The van der Waals surface area contributed by atoms with Gasteiger partial charge >= 0.3 is 11.9 Å². The van der Waals surface area contributed by atoms with E-state index in [4.69, 9.17) is 23.7 Å². The summed E-state index contributed by atoms with van der Waals surface area (Å²) in [5.41, 5.74) is -2.09. The molecule has 0 radical (unpaired) electrons. The third-order valence-electron chi connectivity index (χ3n) is 17.3. The van der Waals surface area contributed by atoms with Gasteiger partial charge in [-0.2, -0.15) is 0 Å². The molecular weight excluding hydrogens is 756 g/mol. The zero-order chi connectivity index (χ0) is 42.5. The van der Waals surface area contributed by atoms with Crippen molar-refractivity contribution in [2.24, 2.45) is 44.8 Å². The van der Waals surface area contributed by atoms with Crippen molar-refractivity contribution in [3.05, 3.63) is 11.6 Å². The minimum absolute atomic E-state index is 0.00947. The highest BCUT2D eigenvalue weighted by Crippen LogP contribution is 2.75. The number of esters is 1. The fourth-order valence-corrected chi connectivity index (χ4v) is 13.5. The minimum atomic E-state index is -1.70. The van der Waals surface area contributed by atoms with E-state index in [2.05, 4.69) is 26.8 Å². The second kappa shape index (κ2) is 15.2. The van der Waals surface area contributed by atoms with E-state index in [1.54, 1.807) is 0 Å². The molecule has 20 atom stereocenters. The van der Waals surface area contributed by atoms with E-state index in [9.17, 15) is 50.4 Å². The number of carboxylic acid groups (broad SMARTS) is 1. The van der Waals surface area contributed by atoms with Crippen LogP contribution in [-0.4, -0.2) is 139 Å². The van der Waals surface area contributed by atoms with Crippen molar-refractivity contribution in [3.63, 3.8) is 0 Å². The Balaban J connectivity index is 1.11. The molecule has 58 heavy (non-hydrogen) atoms. The average molecular weight is 825 g/mol. The summed E-state index contributed by atoms with van der Waals surface area (Å²) >= 11 is 0. The first kappa shape index (κ1) is 44.3. The van der Waals surface area contributed by atoms with Crippen LogP contribution < -0.4 is 0 Å². The highest BCUT2D eigenvalue weighted by Gasteiger charge is 2.70. The lowest BCUT2D eigenvalue weighted by Crippen LogP contribution is -2.67. The van der Waals surface area contributed by atoms with Crippen LogP contribution in [0.4, 0.5) is 0 Å². The van der Waals surface area contributed by atoms with Crippen molar-refractivity contribution in [1.82, 2.24) is 0 Å². The number of ether oxygens (including phenoxy) is 5. The van der Waals surface area contributed by atoms with Gasteiger partial charge in [0, 0.05) is 12.3 Å². The van der Waals surface area contributed by atoms with Crippen LogP contribution in [0.1, 0.15) is 113 Å². The minimum Gasteiger partial charge on any atom is -0.481 e. The lowest BCUT2D eigenvalue weighted by Gasteiger charge is -2.71. The van der Waals surface area contributed by atoms with Gasteiger partial charge in [0.2, 0.25) is 0 Å². The van der Waals surface area contributed by atoms with Crippen LogP contribution in [0, 0.1) is 44.8 Å². The molecule has 2 heterocycles. The second-order valence-electron chi connectivity index (χ2n) is 20.5.